The fourth-order valence-corrected chi connectivity index (χ4v) is 3.13. The van der Waals surface area contributed by atoms with E-state index >= 15 is 0 Å². The van der Waals surface area contributed by atoms with Gasteiger partial charge in [0.2, 0.25) is 0 Å². The molecule has 2 rings (SSSR count). The van der Waals surface area contributed by atoms with Gasteiger partial charge in [0.05, 0.1) is 0 Å². The molecule has 1 heterocycles. The van der Waals surface area contributed by atoms with Gasteiger partial charge in [-0.05, 0) is 41.3 Å². The number of thiophene rings is 1. The van der Waals surface area contributed by atoms with Crippen molar-refractivity contribution < 1.29 is 0 Å². The molecule has 0 radical (unpaired) electrons. The Bertz CT molecular complexity index is 417. The fourth-order valence-electron chi connectivity index (χ4n) is 1.63. The van der Waals surface area contributed by atoms with Gasteiger partial charge in [0.15, 0.2) is 0 Å². The fraction of sp³-hybridized carbons (Fsp3) is 0.273. The van der Waals surface area contributed by atoms with Crippen LogP contribution >= 0.6 is 27.3 Å². The number of rotatable bonds is 2. The number of benzene rings is 1. The molecule has 0 N–H and O–H groups in total. The molecule has 0 aliphatic heterocycles. The maximum absolute atomic E-state index is 3.49. The first kappa shape index (κ1) is 9.22. The lowest BCUT2D eigenvalue weighted by atomic mass is 10.1. The van der Waals surface area contributed by atoms with Gasteiger partial charge in [0, 0.05) is 10.0 Å². The van der Waals surface area contributed by atoms with E-state index in [4.69, 9.17) is 0 Å². The molecule has 0 aliphatic carbocycles. The second kappa shape index (κ2) is 3.81. The van der Waals surface area contributed by atoms with Gasteiger partial charge in [0.25, 0.3) is 0 Å². The van der Waals surface area contributed by atoms with Crippen LogP contribution < -0.4 is 0 Å². The van der Waals surface area contributed by atoms with E-state index in [9.17, 15) is 0 Å². The van der Waals surface area contributed by atoms with E-state index in [1.807, 2.05) is 11.3 Å². The molecule has 0 fully saturated rings. The van der Waals surface area contributed by atoms with Crippen molar-refractivity contribution in [3.05, 3.63) is 34.7 Å². The van der Waals surface area contributed by atoms with Crippen molar-refractivity contribution in [1.29, 1.82) is 0 Å². The largest absolute Gasteiger partial charge is 0.144 e. The molecular weight excluding hydrogens is 244 g/mol. The molecule has 0 nitrogen and oxygen atoms in total. The summed E-state index contributed by atoms with van der Waals surface area (Å²) in [5, 5.41) is 4.79. The molecule has 0 saturated carbocycles. The first-order chi connectivity index (χ1) is 6.33. The topological polar surface area (TPSA) is 0 Å². The average molecular weight is 255 g/mol. The Morgan fingerprint density at radius 2 is 2.23 bits per heavy atom. The molecule has 0 unspecified atom stereocenters. The third kappa shape index (κ3) is 1.65. The number of aryl methyl sites for hydroxylation is 2. The molecule has 68 valence electrons. The van der Waals surface area contributed by atoms with Crippen molar-refractivity contribution in [3.8, 4) is 0 Å². The summed E-state index contributed by atoms with van der Waals surface area (Å²) in [6.07, 6.45) is 1.13. The normalized spacial score (nSPS) is 10.9. The molecule has 1 aromatic carbocycles. The summed E-state index contributed by atoms with van der Waals surface area (Å²) in [5.74, 6) is 0. The van der Waals surface area contributed by atoms with Gasteiger partial charge in [-0.15, -0.1) is 11.3 Å². The summed E-state index contributed by atoms with van der Waals surface area (Å²) in [6.45, 7) is 2.19. The van der Waals surface area contributed by atoms with Crippen molar-refractivity contribution in [2.24, 2.45) is 0 Å². The van der Waals surface area contributed by atoms with E-state index < -0.39 is 0 Å². The lowest BCUT2D eigenvalue weighted by molar-refractivity contribution is 1.20. The van der Waals surface area contributed by atoms with Crippen LogP contribution in [0.5, 0.6) is 0 Å². The smallest absolute Gasteiger partial charge is 0.0348 e. The van der Waals surface area contributed by atoms with Gasteiger partial charge in [-0.3, -0.25) is 0 Å². The highest BCUT2D eigenvalue weighted by molar-refractivity contribution is 9.09. The number of halogens is 1. The Morgan fingerprint density at radius 3 is 3.00 bits per heavy atom. The first-order valence-corrected chi connectivity index (χ1v) is 6.34. The van der Waals surface area contributed by atoms with Gasteiger partial charge in [-0.25, -0.2) is 0 Å². The van der Waals surface area contributed by atoms with Crippen molar-refractivity contribution >= 4 is 37.4 Å². The molecule has 2 aromatic rings. The van der Waals surface area contributed by atoms with Gasteiger partial charge in [-0.2, -0.15) is 0 Å². The molecule has 0 saturated heterocycles. The third-order valence-corrected chi connectivity index (χ3v) is 3.64. The highest BCUT2D eigenvalue weighted by Crippen LogP contribution is 2.29. The maximum atomic E-state index is 3.49. The Morgan fingerprint density at radius 1 is 1.38 bits per heavy atom. The molecule has 2 heteroatoms. The van der Waals surface area contributed by atoms with Crippen LogP contribution in [0.1, 0.15) is 11.1 Å². The van der Waals surface area contributed by atoms with Gasteiger partial charge in [0.1, 0.15) is 0 Å². The Balaban J connectivity index is 2.64. The van der Waals surface area contributed by atoms with E-state index in [0.717, 1.165) is 11.8 Å². The van der Waals surface area contributed by atoms with Crippen LogP contribution in [0.2, 0.25) is 0 Å². The Hall–Kier alpha value is -0.340. The van der Waals surface area contributed by atoms with Gasteiger partial charge in [-0.1, -0.05) is 28.1 Å². The minimum absolute atomic E-state index is 1.05. The van der Waals surface area contributed by atoms with Crippen molar-refractivity contribution in [1.82, 2.24) is 0 Å². The van der Waals surface area contributed by atoms with Gasteiger partial charge < -0.3 is 0 Å². The van der Waals surface area contributed by atoms with E-state index in [2.05, 4.69) is 46.4 Å². The van der Waals surface area contributed by atoms with E-state index in [1.54, 1.807) is 0 Å². The maximum Gasteiger partial charge on any atom is 0.0348 e. The van der Waals surface area contributed by atoms with Crippen LogP contribution in [0.3, 0.4) is 0 Å². The Labute approximate surface area is 90.7 Å². The molecule has 0 spiro atoms. The molecule has 0 aliphatic rings. The minimum atomic E-state index is 1.05. The van der Waals surface area contributed by atoms with Crippen LogP contribution in [-0.2, 0) is 6.42 Å². The second-order valence-electron chi connectivity index (χ2n) is 3.15. The van der Waals surface area contributed by atoms with Crippen LogP contribution in [0.4, 0.5) is 0 Å². The zero-order valence-corrected chi connectivity index (χ0v) is 9.91. The van der Waals surface area contributed by atoms with E-state index in [0.29, 0.717) is 0 Å². The number of fused-ring (bicyclic) bond motifs is 1. The van der Waals surface area contributed by atoms with Crippen LogP contribution in [0, 0.1) is 6.92 Å². The highest BCUT2D eigenvalue weighted by Gasteiger charge is 2.04. The second-order valence-corrected chi connectivity index (χ2v) is 4.85. The average Bonchev–Trinajstić information content (AvgIpc) is 2.51. The standard InChI is InChI=1S/C11H11BrS/c1-8-3-2-4-10-11(8)9(5-6-12)7-13-10/h2-4,7H,5-6H2,1H3. The summed E-state index contributed by atoms with van der Waals surface area (Å²) in [6, 6.07) is 6.52. The summed E-state index contributed by atoms with van der Waals surface area (Å²) < 4.78 is 1.41. The quantitative estimate of drug-likeness (QED) is 0.707. The lowest BCUT2D eigenvalue weighted by Crippen LogP contribution is -1.84. The first-order valence-electron chi connectivity index (χ1n) is 4.34. The van der Waals surface area contributed by atoms with E-state index in [-0.39, 0.29) is 0 Å². The highest BCUT2D eigenvalue weighted by atomic mass is 79.9. The van der Waals surface area contributed by atoms with Gasteiger partial charge >= 0.3 is 0 Å². The van der Waals surface area contributed by atoms with Crippen LogP contribution in [0.25, 0.3) is 10.1 Å². The Kier molecular flexibility index (Phi) is 2.70. The van der Waals surface area contributed by atoms with E-state index in [1.165, 1.54) is 21.2 Å². The molecule has 13 heavy (non-hydrogen) atoms. The van der Waals surface area contributed by atoms with Crippen molar-refractivity contribution in [3.63, 3.8) is 0 Å². The number of alkyl halides is 1. The molecular formula is C11H11BrS. The summed E-state index contributed by atoms with van der Waals surface area (Å²) in [4.78, 5) is 0. The summed E-state index contributed by atoms with van der Waals surface area (Å²) >= 11 is 5.33. The third-order valence-electron chi connectivity index (χ3n) is 2.25. The van der Waals surface area contributed by atoms with Crippen molar-refractivity contribution in [2.75, 3.05) is 5.33 Å². The zero-order valence-electron chi connectivity index (χ0n) is 7.51. The summed E-state index contributed by atoms with van der Waals surface area (Å²) in [5.41, 5.74) is 2.88. The number of hydrogen-bond acceptors (Lipinski definition) is 1. The lowest BCUT2D eigenvalue weighted by Gasteiger charge is -1.99. The molecule has 0 amide bonds. The minimum Gasteiger partial charge on any atom is -0.144 e. The molecule has 0 atom stereocenters. The predicted molar refractivity (Wildman–Crippen MR) is 64.1 cm³/mol. The number of hydrogen-bond donors (Lipinski definition) is 0. The monoisotopic (exact) mass is 254 g/mol. The van der Waals surface area contributed by atoms with Crippen molar-refractivity contribution in [2.45, 2.75) is 13.3 Å². The molecule has 0 bridgehead atoms. The summed E-state index contributed by atoms with van der Waals surface area (Å²) in [7, 11) is 0. The zero-order chi connectivity index (χ0) is 9.26. The molecule has 1 aromatic heterocycles. The predicted octanol–water partition coefficient (Wildman–Crippen LogP) is 4.15. The van der Waals surface area contributed by atoms with Crippen LogP contribution in [-0.4, -0.2) is 5.33 Å². The SMILES string of the molecule is Cc1cccc2scc(CCBr)c12. The van der Waals surface area contributed by atoms with Crippen LogP contribution in [0.15, 0.2) is 23.6 Å².